The summed E-state index contributed by atoms with van der Waals surface area (Å²) in [6.45, 7) is 3.68. The van der Waals surface area contributed by atoms with Crippen molar-refractivity contribution in [2.45, 2.75) is 82.0 Å². The van der Waals surface area contributed by atoms with E-state index in [0.29, 0.717) is 31.2 Å². The molecule has 1 aromatic carbocycles. The lowest BCUT2D eigenvalue weighted by atomic mass is 9.67. The number of aromatic nitrogens is 2. The van der Waals surface area contributed by atoms with Crippen LogP contribution in [0.2, 0.25) is 0 Å². The maximum atomic E-state index is 15.2. The molecule has 0 aliphatic heterocycles. The summed E-state index contributed by atoms with van der Waals surface area (Å²) >= 11 is 0. The third-order valence-corrected chi connectivity index (χ3v) is 9.04. The Balaban J connectivity index is 1.43. The minimum absolute atomic E-state index is 0.00385. The second kappa shape index (κ2) is 10.7. The fourth-order valence-corrected chi connectivity index (χ4v) is 6.26. The number of carbonyl (C=O) groups is 1. The zero-order valence-corrected chi connectivity index (χ0v) is 22.6. The number of pyridine rings is 2. The summed E-state index contributed by atoms with van der Waals surface area (Å²) in [6.07, 6.45) is 6.60. The van der Waals surface area contributed by atoms with Crippen LogP contribution in [0.4, 0.5) is 13.2 Å². The van der Waals surface area contributed by atoms with Gasteiger partial charge in [-0.1, -0.05) is 19.8 Å². The highest BCUT2D eigenvalue weighted by atomic mass is 19.1. The minimum Gasteiger partial charge on any atom is -0.388 e. The first kappa shape index (κ1) is 28.4. The van der Waals surface area contributed by atoms with Gasteiger partial charge in [-0.15, -0.1) is 0 Å². The van der Waals surface area contributed by atoms with Gasteiger partial charge in [0.2, 0.25) is 0 Å². The van der Waals surface area contributed by atoms with Gasteiger partial charge < -0.3 is 15.9 Å². The van der Waals surface area contributed by atoms with Crippen LogP contribution in [0.15, 0.2) is 42.7 Å². The van der Waals surface area contributed by atoms with Crippen molar-refractivity contribution < 1.29 is 28.2 Å². The fourth-order valence-electron chi connectivity index (χ4n) is 6.26. The molecule has 2 aliphatic rings. The van der Waals surface area contributed by atoms with Gasteiger partial charge in [-0.2, -0.15) is 0 Å². The number of nitrogens with two attached hydrogens (primary N) is 1. The van der Waals surface area contributed by atoms with Crippen molar-refractivity contribution in [3.05, 3.63) is 82.6 Å². The van der Waals surface area contributed by atoms with Crippen molar-refractivity contribution in [3.8, 4) is 11.3 Å². The van der Waals surface area contributed by atoms with E-state index >= 15 is 8.78 Å². The number of halogens is 3. The summed E-state index contributed by atoms with van der Waals surface area (Å²) in [5.41, 5.74) is 4.19. The van der Waals surface area contributed by atoms with Gasteiger partial charge >= 0.3 is 0 Å². The van der Waals surface area contributed by atoms with Crippen LogP contribution >= 0.6 is 0 Å². The zero-order chi connectivity index (χ0) is 28.8. The van der Waals surface area contributed by atoms with Crippen LogP contribution in [0.1, 0.15) is 85.5 Å². The molecule has 3 aromatic rings. The van der Waals surface area contributed by atoms with E-state index in [1.165, 1.54) is 6.07 Å². The van der Waals surface area contributed by atoms with Gasteiger partial charge in [0.15, 0.2) is 5.78 Å². The average Bonchev–Trinajstić information content (AvgIpc) is 3.36. The molecule has 2 aromatic heterocycles. The Hall–Kier alpha value is -3.14. The maximum Gasteiger partial charge on any atom is 0.185 e. The quantitative estimate of drug-likeness (QED) is 0.356. The van der Waals surface area contributed by atoms with Gasteiger partial charge in [0.25, 0.3) is 0 Å². The van der Waals surface area contributed by atoms with E-state index in [-0.39, 0.29) is 29.5 Å². The van der Waals surface area contributed by atoms with Crippen molar-refractivity contribution in [2.75, 3.05) is 0 Å². The fraction of sp³-hybridized carbons (Fsp3) is 0.452. The monoisotopic (exact) mass is 553 g/mol. The van der Waals surface area contributed by atoms with Crippen molar-refractivity contribution in [2.24, 2.45) is 11.7 Å². The molecule has 9 heteroatoms. The van der Waals surface area contributed by atoms with E-state index in [1.54, 1.807) is 19.3 Å². The topological polar surface area (TPSA) is 109 Å². The maximum absolute atomic E-state index is 15.2. The molecule has 0 saturated heterocycles. The lowest BCUT2D eigenvalue weighted by Crippen LogP contribution is -2.54. The molecular weight excluding hydrogens is 519 g/mol. The average molecular weight is 554 g/mol. The van der Waals surface area contributed by atoms with E-state index < -0.39 is 51.7 Å². The molecule has 0 radical (unpaired) electrons. The molecular formula is C31H34F3N3O3. The summed E-state index contributed by atoms with van der Waals surface area (Å²) in [5, 5.41) is 21.5. The Bertz CT molecular complexity index is 1400. The Kier molecular flexibility index (Phi) is 7.58. The predicted molar refractivity (Wildman–Crippen MR) is 144 cm³/mol. The van der Waals surface area contributed by atoms with Crippen LogP contribution in [-0.4, -0.2) is 37.6 Å². The summed E-state index contributed by atoms with van der Waals surface area (Å²) in [5.74, 6) is -3.61. The molecule has 0 amide bonds. The van der Waals surface area contributed by atoms with E-state index in [9.17, 15) is 19.4 Å². The predicted octanol–water partition coefficient (Wildman–Crippen LogP) is 5.34. The van der Waals surface area contributed by atoms with Gasteiger partial charge in [-0.05, 0) is 91.5 Å². The molecule has 40 heavy (non-hydrogen) atoms. The van der Waals surface area contributed by atoms with Crippen LogP contribution in [-0.2, 0) is 12.0 Å². The Labute approximate surface area is 231 Å². The van der Waals surface area contributed by atoms with Gasteiger partial charge in [-0.25, -0.2) is 18.2 Å². The summed E-state index contributed by atoms with van der Waals surface area (Å²) in [7, 11) is 0. The van der Waals surface area contributed by atoms with E-state index in [2.05, 4.69) is 9.97 Å². The van der Waals surface area contributed by atoms with Crippen LogP contribution in [0.3, 0.4) is 0 Å². The van der Waals surface area contributed by atoms with Gasteiger partial charge in [0.05, 0.1) is 16.8 Å². The highest BCUT2D eigenvalue weighted by Gasteiger charge is 2.42. The third-order valence-electron chi connectivity index (χ3n) is 9.04. The molecule has 2 heterocycles. The molecule has 2 aliphatic carbocycles. The van der Waals surface area contributed by atoms with Gasteiger partial charge in [0.1, 0.15) is 28.8 Å². The largest absolute Gasteiger partial charge is 0.388 e. The minimum atomic E-state index is -1.32. The Morgan fingerprint density at radius 1 is 1.05 bits per heavy atom. The number of aliphatic hydroxyl groups is 2. The standard InChI is InChI=1S/C31H34F3N3O3/c1-17-11-18(13-27(35)30(17,2)39)21-7-10-36-16-19(21)12-26(38)25-6-5-22(32)29(37-25)28-23(33)14-20(15-24(28)34)31(40)8-3-4-9-31/h5-7,10,14-18,27,39-40H,3-4,8-9,11-13,35H2,1-2H3/t17-,18+,27+,30+/m0/s1. The lowest BCUT2D eigenvalue weighted by Gasteiger charge is -2.44. The van der Waals surface area contributed by atoms with Crippen LogP contribution < -0.4 is 5.73 Å². The first-order chi connectivity index (χ1) is 18.9. The molecule has 2 fully saturated rings. The van der Waals surface area contributed by atoms with Crippen molar-refractivity contribution in [1.82, 2.24) is 9.97 Å². The molecule has 4 N–H and O–H groups in total. The second-order valence-corrected chi connectivity index (χ2v) is 11.7. The Morgan fingerprint density at radius 3 is 2.38 bits per heavy atom. The molecule has 6 nitrogen and oxygen atoms in total. The summed E-state index contributed by atoms with van der Waals surface area (Å²) < 4.78 is 45.2. The number of hydrogen-bond donors (Lipinski definition) is 3. The number of rotatable bonds is 6. The molecule has 0 spiro atoms. The number of hydrogen-bond acceptors (Lipinski definition) is 6. The molecule has 0 unspecified atom stereocenters. The smallest absolute Gasteiger partial charge is 0.185 e. The second-order valence-electron chi connectivity index (χ2n) is 11.7. The number of Topliss-reactive ketones (excluding diaryl/α,β-unsaturated/α-hetero) is 1. The van der Waals surface area contributed by atoms with Crippen LogP contribution in [0.5, 0.6) is 0 Å². The van der Waals surface area contributed by atoms with E-state index in [4.69, 9.17) is 5.73 Å². The Morgan fingerprint density at radius 2 is 1.73 bits per heavy atom. The molecule has 5 rings (SSSR count). The first-order valence-corrected chi connectivity index (χ1v) is 13.7. The molecule has 2 saturated carbocycles. The van der Waals surface area contributed by atoms with Crippen molar-refractivity contribution >= 4 is 5.78 Å². The van der Waals surface area contributed by atoms with E-state index in [0.717, 1.165) is 36.6 Å². The van der Waals surface area contributed by atoms with Crippen LogP contribution in [0, 0.1) is 23.4 Å². The number of nitrogens with zero attached hydrogens (tertiary/aromatic N) is 2. The van der Waals surface area contributed by atoms with Crippen molar-refractivity contribution in [3.63, 3.8) is 0 Å². The molecule has 212 valence electrons. The number of carbonyl (C=O) groups excluding carboxylic acids is 1. The SMILES string of the molecule is C[C@H]1C[C@@H](c2ccncc2CC(=O)c2ccc(F)c(-c3c(F)cc(C4(O)CCCC4)cc3F)n2)C[C@@H](N)[C@]1(C)O. The normalized spacial score (nSPS) is 26.1. The first-order valence-electron chi connectivity index (χ1n) is 13.7. The lowest BCUT2D eigenvalue weighted by molar-refractivity contribution is -0.0464. The van der Waals surface area contributed by atoms with Gasteiger partial charge in [0, 0.05) is 24.9 Å². The number of benzene rings is 1. The van der Waals surface area contributed by atoms with Crippen molar-refractivity contribution in [1.29, 1.82) is 0 Å². The van der Waals surface area contributed by atoms with Crippen LogP contribution in [0.25, 0.3) is 11.3 Å². The summed E-state index contributed by atoms with van der Waals surface area (Å²) in [4.78, 5) is 21.5. The zero-order valence-electron chi connectivity index (χ0n) is 22.6. The van der Waals surface area contributed by atoms with Gasteiger partial charge in [-0.3, -0.25) is 9.78 Å². The highest BCUT2D eigenvalue weighted by molar-refractivity contribution is 5.96. The third kappa shape index (κ3) is 5.18. The summed E-state index contributed by atoms with van der Waals surface area (Å²) in [6, 6.07) is 5.60. The highest BCUT2D eigenvalue weighted by Crippen LogP contribution is 2.43. The number of ketones is 1. The molecule has 0 bridgehead atoms. The van der Waals surface area contributed by atoms with E-state index in [1.807, 2.05) is 13.0 Å². The molecule has 4 atom stereocenters.